The van der Waals surface area contributed by atoms with E-state index in [2.05, 4.69) is 5.32 Å². The molecule has 0 aliphatic heterocycles. The van der Waals surface area contributed by atoms with Crippen molar-refractivity contribution in [1.82, 2.24) is 10.2 Å². The van der Waals surface area contributed by atoms with Crippen LogP contribution in [0.5, 0.6) is 0 Å². The lowest BCUT2D eigenvalue weighted by molar-refractivity contribution is 0.0969. The molecule has 0 fully saturated rings. The number of nitrogens with one attached hydrogen (secondary N) is 1. The summed E-state index contributed by atoms with van der Waals surface area (Å²) in [6, 6.07) is 0.277. The minimum Gasteiger partial charge on any atom is -0.313 e. The Balaban J connectivity index is 3.46. The van der Waals surface area contributed by atoms with E-state index in [-0.39, 0.29) is 12.6 Å². The molecular weight excluding hydrogens is 162 g/mol. The Labute approximate surface area is 72.9 Å². The average molecular weight is 180 g/mol. The Kier molecular flexibility index (Phi) is 6.20. The lowest BCUT2D eigenvalue weighted by Gasteiger charge is -2.21. The van der Waals surface area contributed by atoms with Crippen LogP contribution in [0.4, 0.5) is 8.78 Å². The molecule has 0 spiro atoms. The van der Waals surface area contributed by atoms with Crippen LogP contribution in [0.1, 0.15) is 13.8 Å². The first-order valence-corrected chi connectivity index (χ1v) is 4.26. The number of alkyl halides is 2. The van der Waals surface area contributed by atoms with Gasteiger partial charge < -0.3 is 5.32 Å². The molecule has 0 bridgehead atoms. The fraction of sp³-hybridized carbons (Fsp3) is 1.00. The van der Waals surface area contributed by atoms with Crippen molar-refractivity contribution < 1.29 is 8.78 Å². The van der Waals surface area contributed by atoms with Gasteiger partial charge in [-0.1, -0.05) is 6.92 Å². The molecule has 1 unspecified atom stereocenters. The summed E-state index contributed by atoms with van der Waals surface area (Å²) in [6.07, 6.45) is -2.23. The second kappa shape index (κ2) is 6.31. The van der Waals surface area contributed by atoms with E-state index in [0.29, 0.717) is 6.54 Å². The van der Waals surface area contributed by atoms with Crippen molar-refractivity contribution in [3.8, 4) is 0 Å². The summed E-state index contributed by atoms with van der Waals surface area (Å²) in [5.41, 5.74) is 0. The zero-order valence-electron chi connectivity index (χ0n) is 7.98. The molecule has 1 atom stereocenters. The van der Waals surface area contributed by atoms with E-state index in [1.54, 1.807) is 11.9 Å². The predicted molar refractivity (Wildman–Crippen MR) is 46.6 cm³/mol. The van der Waals surface area contributed by atoms with Crippen molar-refractivity contribution in [2.45, 2.75) is 26.3 Å². The highest BCUT2D eigenvalue weighted by Gasteiger charge is 2.09. The Bertz CT molecular complexity index is 109. The van der Waals surface area contributed by atoms with Crippen LogP contribution in [0.25, 0.3) is 0 Å². The summed E-state index contributed by atoms with van der Waals surface area (Å²) in [5.74, 6) is 0. The molecule has 0 saturated carbocycles. The Morgan fingerprint density at radius 1 is 1.33 bits per heavy atom. The highest BCUT2D eigenvalue weighted by atomic mass is 19.3. The Morgan fingerprint density at radius 2 is 1.92 bits per heavy atom. The van der Waals surface area contributed by atoms with Crippen LogP contribution >= 0.6 is 0 Å². The minimum atomic E-state index is -2.23. The summed E-state index contributed by atoms with van der Waals surface area (Å²) in [4.78, 5) is 1.64. The fourth-order valence-electron chi connectivity index (χ4n) is 1.19. The number of halogens is 2. The Hall–Kier alpha value is -0.220. The highest BCUT2D eigenvalue weighted by molar-refractivity contribution is 4.64. The third-order valence-electron chi connectivity index (χ3n) is 1.59. The van der Waals surface area contributed by atoms with Gasteiger partial charge in [-0.25, -0.2) is 8.78 Å². The van der Waals surface area contributed by atoms with E-state index in [1.807, 2.05) is 13.8 Å². The molecule has 4 heteroatoms. The van der Waals surface area contributed by atoms with Gasteiger partial charge in [-0.15, -0.1) is 0 Å². The average Bonchev–Trinajstić information content (AvgIpc) is 1.84. The van der Waals surface area contributed by atoms with E-state index >= 15 is 0 Å². The third kappa shape index (κ3) is 6.49. The van der Waals surface area contributed by atoms with Gasteiger partial charge in [-0.05, 0) is 20.5 Å². The summed E-state index contributed by atoms with van der Waals surface area (Å²) >= 11 is 0. The van der Waals surface area contributed by atoms with Crippen molar-refractivity contribution >= 4 is 0 Å². The lowest BCUT2D eigenvalue weighted by Crippen LogP contribution is -2.38. The van der Waals surface area contributed by atoms with Gasteiger partial charge in [-0.2, -0.15) is 0 Å². The molecule has 0 aliphatic rings. The third-order valence-corrected chi connectivity index (χ3v) is 1.59. The van der Waals surface area contributed by atoms with E-state index < -0.39 is 6.43 Å². The van der Waals surface area contributed by atoms with Crippen LogP contribution in [0, 0.1) is 0 Å². The van der Waals surface area contributed by atoms with Crippen molar-refractivity contribution in [1.29, 1.82) is 0 Å². The number of rotatable bonds is 6. The smallest absolute Gasteiger partial charge is 0.251 e. The van der Waals surface area contributed by atoms with Crippen molar-refractivity contribution in [3.63, 3.8) is 0 Å². The first-order chi connectivity index (χ1) is 5.56. The molecule has 0 radical (unpaired) electrons. The van der Waals surface area contributed by atoms with E-state index in [1.165, 1.54) is 0 Å². The van der Waals surface area contributed by atoms with Gasteiger partial charge in [0.25, 0.3) is 6.43 Å². The highest BCUT2D eigenvalue weighted by Crippen LogP contribution is 1.96. The molecule has 74 valence electrons. The molecule has 0 aromatic rings. The molecule has 0 rings (SSSR count). The van der Waals surface area contributed by atoms with Crippen LogP contribution in [0.3, 0.4) is 0 Å². The maximum atomic E-state index is 11.9. The SMILES string of the molecule is CCNC(C)CN(C)CC(F)F. The van der Waals surface area contributed by atoms with Crippen LogP contribution in [-0.2, 0) is 0 Å². The van der Waals surface area contributed by atoms with E-state index in [9.17, 15) is 8.78 Å². The second-order valence-corrected chi connectivity index (χ2v) is 3.07. The molecule has 0 amide bonds. The Morgan fingerprint density at radius 3 is 2.33 bits per heavy atom. The standard InChI is InChI=1S/C8H18F2N2/c1-4-11-7(2)5-12(3)6-8(9)10/h7-8,11H,4-6H2,1-3H3. The van der Waals surface area contributed by atoms with Crippen LogP contribution in [0.15, 0.2) is 0 Å². The first-order valence-electron chi connectivity index (χ1n) is 4.26. The number of hydrogen-bond donors (Lipinski definition) is 1. The zero-order chi connectivity index (χ0) is 9.56. The van der Waals surface area contributed by atoms with Gasteiger partial charge in [0.2, 0.25) is 0 Å². The van der Waals surface area contributed by atoms with Crippen LogP contribution < -0.4 is 5.32 Å². The quantitative estimate of drug-likeness (QED) is 0.660. The minimum absolute atomic E-state index is 0.143. The molecule has 12 heavy (non-hydrogen) atoms. The largest absolute Gasteiger partial charge is 0.313 e. The fourth-order valence-corrected chi connectivity index (χ4v) is 1.19. The van der Waals surface area contributed by atoms with Crippen molar-refractivity contribution in [2.75, 3.05) is 26.7 Å². The van der Waals surface area contributed by atoms with Gasteiger partial charge >= 0.3 is 0 Å². The van der Waals surface area contributed by atoms with Crippen LogP contribution in [0.2, 0.25) is 0 Å². The maximum Gasteiger partial charge on any atom is 0.251 e. The lowest BCUT2D eigenvalue weighted by atomic mass is 10.3. The van der Waals surface area contributed by atoms with Gasteiger partial charge in [0.05, 0.1) is 6.54 Å². The summed E-state index contributed by atoms with van der Waals surface area (Å²) < 4.78 is 23.7. The van der Waals surface area contributed by atoms with Crippen LogP contribution in [-0.4, -0.2) is 44.0 Å². The van der Waals surface area contributed by atoms with E-state index in [0.717, 1.165) is 6.54 Å². The zero-order valence-corrected chi connectivity index (χ0v) is 7.98. The molecule has 0 aromatic heterocycles. The van der Waals surface area contributed by atoms with Crippen molar-refractivity contribution in [3.05, 3.63) is 0 Å². The molecule has 0 aliphatic carbocycles. The molecule has 2 nitrogen and oxygen atoms in total. The van der Waals surface area contributed by atoms with Gasteiger partial charge in [-0.3, -0.25) is 4.90 Å². The van der Waals surface area contributed by atoms with Crippen molar-refractivity contribution in [2.24, 2.45) is 0 Å². The number of hydrogen-bond acceptors (Lipinski definition) is 2. The normalized spacial score (nSPS) is 14.2. The van der Waals surface area contributed by atoms with Gasteiger partial charge in [0.15, 0.2) is 0 Å². The monoisotopic (exact) mass is 180 g/mol. The topological polar surface area (TPSA) is 15.3 Å². The molecule has 0 saturated heterocycles. The van der Waals surface area contributed by atoms with Gasteiger partial charge in [0, 0.05) is 12.6 Å². The van der Waals surface area contributed by atoms with Gasteiger partial charge in [0.1, 0.15) is 0 Å². The predicted octanol–water partition coefficient (Wildman–Crippen LogP) is 1.18. The summed E-state index contributed by atoms with van der Waals surface area (Å²) in [5, 5.41) is 3.16. The number of nitrogens with zero attached hydrogens (tertiary/aromatic N) is 1. The molecule has 0 heterocycles. The summed E-state index contributed by atoms with van der Waals surface area (Å²) in [7, 11) is 1.71. The molecule has 0 aromatic carbocycles. The number of likely N-dealkylation sites (N-methyl/N-ethyl adjacent to an activating group) is 2. The van der Waals surface area contributed by atoms with E-state index in [4.69, 9.17) is 0 Å². The first kappa shape index (κ1) is 11.8. The molecular formula is C8H18F2N2. The molecule has 1 N–H and O–H groups in total. The second-order valence-electron chi connectivity index (χ2n) is 3.07. The maximum absolute atomic E-state index is 11.9. The summed E-state index contributed by atoms with van der Waals surface area (Å²) in [6.45, 7) is 5.40.